The first-order valence-corrected chi connectivity index (χ1v) is 30.2. The van der Waals surface area contributed by atoms with Gasteiger partial charge in [0.15, 0.2) is 6.10 Å². The largest absolute Gasteiger partial charge is 0.462 e. The third-order valence-electron chi connectivity index (χ3n) is 12.4. The maximum Gasteiger partial charge on any atom is 0.306 e. The fourth-order valence-corrected chi connectivity index (χ4v) is 7.83. The van der Waals surface area contributed by atoms with Crippen LogP contribution in [0.4, 0.5) is 0 Å². The Morgan fingerprint density at radius 2 is 0.527 bits per heavy atom. The number of unbranched alkanes of at least 4 members (excludes halogenated alkanes) is 20. The van der Waals surface area contributed by atoms with Crippen LogP contribution in [-0.2, 0) is 28.6 Å². The van der Waals surface area contributed by atoms with Gasteiger partial charge in [0.05, 0.1) is 0 Å². The molecule has 1 atom stereocenters. The molecule has 0 N–H and O–H groups in total. The predicted octanol–water partition coefficient (Wildman–Crippen LogP) is 20.6. The summed E-state index contributed by atoms with van der Waals surface area (Å²) in [7, 11) is 0. The highest BCUT2D eigenvalue weighted by atomic mass is 16.6. The molecule has 1 unspecified atom stereocenters. The Morgan fingerprint density at radius 1 is 0.284 bits per heavy atom. The summed E-state index contributed by atoms with van der Waals surface area (Å²) < 4.78 is 16.8. The molecule has 0 amide bonds. The molecular weight excluding hydrogens is 913 g/mol. The average molecular weight is 1020 g/mol. The number of allylic oxidation sites excluding steroid dienone is 22. The summed E-state index contributed by atoms with van der Waals surface area (Å²) in [6.45, 7) is 6.42. The number of carbonyl (C=O) groups is 3. The van der Waals surface area contributed by atoms with Gasteiger partial charge in [-0.2, -0.15) is 0 Å². The van der Waals surface area contributed by atoms with E-state index in [1.807, 2.05) is 0 Å². The molecule has 0 spiro atoms. The minimum Gasteiger partial charge on any atom is -0.462 e. The van der Waals surface area contributed by atoms with Crippen molar-refractivity contribution < 1.29 is 28.6 Å². The van der Waals surface area contributed by atoms with Gasteiger partial charge in [-0.1, -0.05) is 231 Å². The van der Waals surface area contributed by atoms with E-state index in [0.717, 1.165) is 148 Å². The van der Waals surface area contributed by atoms with Gasteiger partial charge in [-0.25, -0.2) is 0 Å². The Morgan fingerprint density at radius 3 is 0.851 bits per heavy atom. The molecule has 0 rings (SSSR count). The zero-order chi connectivity index (χ0) is 53.6. The molecule has 6 heteroatoms. The predicted molar refractivity (Wildman–Crippen MR) is 320 cm³/mol. The van der Waals surface area contributed by atoms with E-state index in [4.69, 9.17) is 14.2 Å². The molecule has 0 saturated carbocycles. The van der Waals surface area contributed by atoms with Gasteiger partial charge in [0, 0.05) is 19.3 Å². The summed E-state index contributed by atoms with van der Waals surface area (Å²) in [5.41, 5.74) is 0. The Kier molecular flexibility index (Phi) is 57.4. The quantitative estimate of drug-likeness (QED) is 0.0261. The van der Waals surface area contributed by atoms with Crippen LogP contribution in [0, 0.1) is 0 Å². The summed E-state index contributed by atoms with van der Waals surface area (Å²) in [6.07, 6.45) is 85.8. The number of hydrogen-bond acceptors (Lipinski definition) is 6. The van der Waals surface area contributed by atoms with Crippen LogP contribution in [0.15, 0.2) is 134 Å². The van der Waals surface area contributed by atoms with Gasteiger partial charge in [0.25, 0.3) is 0 Å². The Hall–Kier alpha value is -4.45. The molecule has 0 aliphatic carbocycles. The van der Waals surface area contributed by atoms with Gasteiger partial charge in [-0.3, -0.25) is 14.4 Å². The zero-order valence-electron chi connectivity index (χ0n) is 47.8. The van der Waals surface area contributed by atoms with E-state index < -0.39 is 6.10 Å². The van der Waals surface area contributed by atoms with Crippen LogP contribution >= 0.6 is 0 Å². The first-order chi connectivity index (χ1) is 36.5. The third kappa shape index (κ3) is 58.4. The summed E-state index contributed by atoms with van der Waals surface area (Å²) in [4.78, 5) is 38.2. The number of rotatable bonds is 53. The van der Waals surface area contributed by atoms with Gasteiger partial charge >= 0.3 is 17.9 Å². The highest BCUT2D eigenvalue weighted by molar-refractivity contribution is 5.71. The summed E-state index contributed by atoms with van der Waals surface area (Å²) in [6, 6.07) is 0. The lowest BCUT2D eigenvalue weighted by Gasteiger charge is -2.18. The van der Waals surface area contributed by atoms with Gasteiger partial charge in [0.2, 0.25) is 0 Å². The second-order valence-electron chi connectivity index (χ2n) is 19.5. The number of carbonyl (C=O) groups excluding carboxylic acids is 3. The lowest BCUT2D eigenvalue weighted by Crippen LogP contribution is -2.30. The molecule has 0 aliphatic heterocycles. The molecule has 0 saturated heterocycles. The van der Waals surface area contributed by atoms with Crippen molar-refractivity contribution in [2.45, 2.75) is 264 Å². The van der Waals surface area contributed by atoms with Crippen molar-refractivity contribution in [2.75, 3.05) is 13.2 Å². The highest BCUT2D eigenvalue weighted by Crippen LogP contribution is 2.13. The fraction of sp³-hybridized carbons (Fsp3) is 0.632. The van der Waals surface area contributed by atoms with E-state index in [1.165, 1.54) is 70.6 Å². The topological polar surface area (TPSA) is 78.9 Å². The Balaban J connectivity index is 4.46. The normalized spacial score (nSPS) is 13.1. The molecule has 0 aromatic heterocycles. The van der Waals surface area contributed by atoms with Crippen molar-refractivity contribution in [1.29, 1.82) is 0 Å². The fourth-order valence-electron chi connectivity index (χ4n) is 7.83. The minimum atomic E-state index is -0.808. The summed E-state index contributed by atoms with van der Waals surface area (Å²) in [5.74, 6) is -0.960. The van der Waals surface area contributed by atoms with E-state index >= 15 is 0 Å². The lowest BCUT2D eigenvalue weighted by atomic mass is 10.1. The van der Waals surface area contributed by atoms with E-state index in [0.29, 0.717) is 19.3 Å². The number of esters is 3. The minimum absolute atomic E-state index is 0.103. The van der Waals surface area contributed by atoms with Gasteiger partial charge in [0.1, 0.15) is 13.2 Å². The summed E-state index contributed by atoms with van der Waals surface area (Å²) >= 11 is 0. The van der Waals surface area contributed by atoms with E-state index in [2.05, 4.69) is 154 Å². The number of ether oxygens (including phenoxy) is 3. The molecule has 0 aromatic rings. The van der Waals surface area contributed by atoms with Crippen molar-refractivity contribution in [1.82, 2.24) is 0 Å². The van der Waals surface area contributed by atoms with E-state index in [-0.39, 0.29) is 31.1 Å². The third-order valence-corrected chi connectivity index (χ3v) is 12.4. The molecule has 0 aromatic carbocycles. The molecule has 0 bridgehead atoms. The highest BCUT2D eigenvalue weighted by Gasteiger charge is 2.19. The van der Waals surface area contributed by atoms with Crippen molar-refractivity contribution in [3.05, 3.63) is 134 Å². The average Bonchev–Trinajstić information content (AvgIpc) is 3.40. The van der Waals surface area contributed by atoms with Crippen LogP contribution in [0.2, 0.25) is 0 Å². The van der Waals surface area contributed by atoms with Crippen molar-refractivity contribution >= 4 is 17.9 Å². The Bertz CT molecular complexity index is 1600. The smallest absolute Gasteiger partial charge is 0.306 e. The van der Waals surface area contributed by atoms with Crippen LogP contribution in [0.3, 0.4) is 0 Å². The molecule has 0 radical (unpaired) electrons. The maximum absolute atomic E-state index is 12.9. The number of hydrogen-bond donors (Lipinski definition) is 0. The first-order valence-electron chi connectivity index (χ1n) is 30.2. The van der Waals surface area contributed by atoms with Crippen LogP contribution in [0.25, 0.3) is 0 Å². The SMILES string of the molecule is CC/C=C\C/C=C\C/C=C\C/C=C\C/C=C\C/C=C\C/C=C\CCCCCC(=O)OCC(COC(=O)CCCCCCC/C=C\CCCCC)OC(=O)CCCCCCCC/C=C\C/C=C\C/C=C\CCCCC. The molecule has 74 heavy (non-hydrogen) atoms. The summed E-state index contributed by atoms with van der Waals surface area (Å²) in [5, 5.41) is 0. The second kappa shape index (κ2) is 61.1. The monoisotopic (exact) mass is 1020 g/mol. The molecule has 6 nitrogen and oxygen atoms in total. The van der Waals surface area contributed by atoms with Crippen molar-refractivity contribution in [3.8, 4) is 0 Å². The van der Waals surface area contributed by atoms with Crippen LogP contribution in [0.5, 0.6) is 0 Å². The molecule has 0 heterocycles. The lowest BCUT2D eigenvalue weighted by molar-refractivity contribution is -0.167. The molecular formula is C68H110O6. The van der Waals surface area contributed by atoms with Gasteiger partial charge in [-0.05, 0) is 141 Å². The Labute approximate surface area is 455 Å². The first kappa shape index (κ1) is 69.5. The molecule has 418 valence electrons. The van der Waals surface area contributed by atoms with Crippen molar-refractivity contribution in [3.63, 3.8) is 0 Å². The second-order valence-corrected chi connectivity index (χ2v) is 19.5. The van der Waals surface area contributed by atoms with Crippen LogP contribution in [-0.4, -0.2) is 37.2 Å². The maximum atomic E-state index is 12.9. The standard InChI is InChI=1S/C68H110O6/c1-4-7-10-13-16-19-22-25-27-29-31-32-33-34-35-36-38-39-41-43-46-49-52-55-58-61-67(70)73-64-65(63-72-66(69)60-57-54-51-48-45-24-21-18-15-12-9-6-3)74-68(71)62-59-56-53-50-47-44-42-40-37-30-28-26-23-20-17-14-11-8-5-2/h7,10,16-21,25-28,31-32,34-35,37-40,43,46,65H,4-6,8-9,11-15,22-24,29-30,33,36,41-42,44-45,47-64H2,1-3H3/b10-7-,19-16-,20-17-,21-18-,27-25-,28-26-,32-31-,35-34-,39-38-,40-37-,46-43-. The van der Waals surface area contributed by atoms with Gasteiger partial charge < -0.3 is 14.2 Å². The van der Waals surface area contributed by atoms with Crippen LogP contribution < -0.4 is 0 Å². The zero-order valence-corrected chi connectivity index (χ0v) is 47.8. The van der Waals surface area contributed by atoms with Crippen LogP contribution in [0.1, 0.15) is 258 Å². The van der Waals surface area contributed by atoms with E-state index in [9.17, 15) is 14.4 Å². The van der Waals surface area contributed by atoms with Gasteiger partial charge in [-0.15, -0.1) is 0 Å². The molecule has 0 fully saturated rings. The van der Waals surface area contributed by atoms with Crippen molar-refractivity contribution in [2.24, 2.45) is 0 Å². The van der Waals surface area contributed by atoms with E-state index in [1.54, 1.807) is 0 Å². The molecule has 0 aliphatic rings.